The molecule has 2 N–H and O–H groups in total. The first-order valence-electron chi connectivity index (χ1n) is 3.77. The van der Waals surface area contributed by atoms with Crippen LogP contribution in [0.5, 0.6) is 0 Å². The van der Waals surface area contributed by atoms with E-state index >= 15 is 0 Å². The molecule has 0 aromatic heterocycles. The zero-order valence-electron chi connectivity index (χ0n) is 7.36. The molecule has 0 aliphatic carbocycles. The highest BCUT2D eigenvalue weighted by atomic mass is 31.0. The van der Waals surface area contributed by atoms with Crippen molar-refractivity contribution in [1.29, 1.82) is 0 Å². The maximum Gasteiger partial charge on any atom is 0.321 e. The molecule has 3 nitrogen and oxygen atoms in total. The molecule has 0 aliphatic rings. The number of allylic oxidation sites excluding steroid dienone is 3. The fraction of sp³-hybridized carbons (Fsp3) is 0.222. The number of hydrogen-bond donors (Lipinski definition) is 2. The molecule has 2 atom stereocenters. The van der Waals surface area contributed by atoms with Gasteiger partial charge in [-0.15, -0.1) is 0 Å². The Kier molecular flexibility index (Phi) is 6.11. The minimum atomic E-state index is -0.886. The molecule has 72 valence electrons. The second-order valence-corrected chi connectivity index (χ2v) is 2.85. The number of hydrogen-bond acceptors (Lipinski definition) is 2. The molecule has 0 spiro atoms. The minimum Gasteiger partial charge on any atom is -0.480 e. The summed E-state index contributed by atoms with van der Waals surface area (Å²) in [7, 11) is 2.18. The van der Waals surface area contributed by atoms with Crippen molar-refractivity contribution >= 4 is 15.4 Å². The summed E-state index contributed by atoms with van der Waals surface area (Å²) in [6.45, 7) is 7.22. The third-order valence-electron chi connectivity index (χ3n) is 1.43. The van der Waals surface area contributed by atoms with Gasteiger partial charge in [0.2, 0.25) is 0 Å². The Morgan fingerprint density at radius 1 is 1.69 bits per heavy atom. The Labute approximate surface area is 80.5 Å². The smallest absolute Gasteiger partial charge is 0.321 e. The number of aliphatic carboxylic acids is 1. The normalized spacial score (nSPS) is 12.7. The lowest BCUT2D eigenvalue weighted by Crippen LogP contribution is -2.30. The standard InChI is InChI=1S/C9H14NO2P/c1-3-4-5-7(2)6-8(10-13)9(11)12/h3-5,8,10H,1-2,6,13H2,(H,11,12)/b5-4-. The van der Waals surface area contributed by atoms with Crippen molar-refractivity contribution in [3.63, 3.8) is 0 Å². The maximum absolute atomic E-state index is 10.6. The lowest BCUT2D eigenvalue weighted by Gasteiger charge is -2.09. The van der Waals surface area contributed by atoms with Gasteiger partial charge in [0, 0.05) is 0 Å². The van der Waals surface area contributed by atoms with Crippen LogP contribution in [0.25, 0.3) is 0 Å². The Balaban J connectivity index is 4.08. The van der Waals surface area contributed by atoms with Crippen molar-refractivity contribution < 1.29 is 9.90 Å². The summed E-state index contributed by atoms with van der Waals surface area (Å²) < 4.78 is 0. The van der Waals surface area contributed by atoms with Crippen LogP contribution in [0.4, 0.5) is 0 Å². The first kappa shape index (κ1) is 12.1. The van der Waals surface area contributed by atoms with Crippen molar-refractivity contribution in [2.45, 2.75) is 12.5 Å². The number of carboxylic acids is 1. The van der Waals surface area contributed by atoms with E-state index in [-0.39, 0.29) is 0 Å². The quantitative estimate of drug-likeness (QED) is 0.503. The molecular weight excluding hydrogens is 185 g/mol. The van der Waals surface area contributed by atoms with Gasteiger partial charge in [0.25, 0.3) is 0 Å². The first-order chi connectivity index (χ1) is 6.11. The third kappa shape index (κ3) is 5.34. The highest BCUT2D eigenvalue weighted by molar-refractivity contribution is 7.13. The van der Waals surface area contributed by atoms with Crippen LogP contribution in [0.3, 0.4) is 0 Å². The Hall–Kier alpha value is -0.920. The van der Waals surface area contributed by atoms with Gasteiger partial charge in [0.1, 0.15) is 6.04 Å². The SMILES string of the molecule is C=C/C=C\C(=C)CC(NP)C(=O)O. The maximum atomic E-state index is 10.6. The summed E-state index contributed by atoms with van der Waals surface area (Å²) >= 11 is 0. The molecule has 0 heterocycles. The number of rotatable bonds is 6. The average Bonchev–Trinajstić information content (AvgIpc) is 2.10. The highest BCUT2D eigenvalue weighted by Crippen LogP contribution is 2.06. The van der Waals surface area contributed by atoms with Crippen LogP contribution >= 0.6 is 9.39 Å². The van der Waals surface area contributed by atoms with Gasteiger partial charge < -0.3 is 5.11 Å². The number of carbonyl (C=O) groups is 1. The van der Waals surface area contributed by atoms with Crippen molar-refractivity contribution in [2.24, 2.45) is 0 Å². The van der Waals surface area contributed by atoms with Gasteiger partial charge in [0.05, 0.1) is 0 Å². The molecule has 0 radical (unpaired) electrons. The van der Waals surface area contributed by atoms with Gasteiger partial charge in [-0.3, -0.25) is 9.88 Å². The molecule has 0 aromatic rings. The number of nitrogens with one attached hydrogen (secondary N) is 1. The molecule has 13 heavy (non-hydrogen) atoms. The highest BCUT2D eigenvalue weighted by Gasteiger charge is 2.14. The van der Waals surface area contributed by atoms with Crippen LogP contribution in [0.15, 0.2) is 37.0 Å². The fourth-order valence-electron chi connectivity index (χ4n) is 0.752. The monoisotopic (exact) mass is 199 g/mol. The molecule has 0 amide bonds. The van der Waals surface area contributed by atoms with E-state index in [0.717, 1.165) is 5.57 Å². The molecule has 0 bridgehead atoms. The minimum absolute atomic E-state index is 0.378. The van der Waals surface area contributed by atoms with Crippen molar-refractivity contribution in [3.05, 3.63) is 37.0 Å². The van der Waals surface area contributed by atoms with Gasteiger partial charge >= 0.3 is 5.97 Å². The summed E-state index contributed by atoms with van der Waals surface area (Å²) in [6.07, 6.45) is 5.47. The van der Waals surface area contributed by atoms with E-state index in [1.54, 1.807) is 18.2 Å². The van der Waals surface area contributed by atoms with E-state index in [9.17, 15) is 4.79 Å². The van der Waals surface area contributed by atoms with Gasteiger partial charge in [-0.25, -0.2) is 0 Å². The summed E-state index contributed by atoms with van der Waals surface area (Å²) in [5.41, 5.74) is 0.752. The summed E-state index contributed by atoms with van der Waals surface area (Å²) in [6, 6.07) is -0.605. The Morgan fingerprint density at radius 2 is 2.31 bits per heavy atom. The zero-order chi connectivity index (χ0) is 10.3. The van der Waals surface area contributed by atoms with E-state index in [1.807, 2.05) is 0 Å². The average molecular weight is 199 g/mol. The summed E-state index contributed by atoms with van der Waals surface area (Å²) in [4.78, 5) is 10.6. The van der Waals surface area contributed by atoms with Gasteiger partial charge in [0.15, 0.2) is 0 Å². The van der Waals surface area contributed by atoms with Gasteiger partial charge in [-0.1, -0.05) is 46.3 Å². The predicted molar refractivity (Wildman–Crippen MR) is 57.4 cm³/mol. The van der Waals surface area contributed by atoms with E-state index in [4.69, 9.17) is 5.11 Å². The lowest BCUT2D eigenvalue weighted by molar-refractivity contribution is -0.138. The summed E-state index contributed by atoms with van der Waals surface area (Å²) in [5, 5.41) is 11.3. The van der Waals surface area contributed by atoms with Gasteiger partial charge in [-0.05, 0) is 6.42 Å². The van der Waals surface area contributed by atoms with Gasteiger partial charge in [-0.2, -0.15) is 0 Å². The molecule has 0 aromatic carbocycles. The molecule has 0 rings (SSSR count). The Morgan fingerprint density at radius 3 is 2.69 bits per heavy atom. The van der Waals surface area contributed by atoms with Crippen LogP contribution in [0.2, 0.25) is 0 Å². The van der Waals surface area contributed by atoms with E-state index in [1.165, 1.54) is 0 Å². The zero-order valence-corrected chi connectivity index (χ0v) is 8.52. The summed E-state index contributed by atoms with van der Waals surface area (Å²) in [5.74, 6) is -0.886. The fourth-order valence-corrected chi connectivity index (χ4v) is 1.01. The Bertz CT molecular complexity index is 236. The molecule has 0 fully saturated rings. The second kappa shape index (κ2) is 6.58. The molecule has 0 aliphatic heterocycles. The van der Waals surface area contributed by atoms with Crippen LogP contribution < -0.4 is 5.09 Å². The molecule has 0 saturated heterocycles. The van der Waals surface area contributed by atoms with E-state index in [0.29, 0.717) is 6.42 Å². The van der Waals surface area contributed by atoms with E-state index < -0.39 is 12.0 Å². The molecule has 4 heteroatoms. The molecule has 0 saturated carbocycles. The lowest BCUT2D eigenvalue weighted by atomic mass is 10.1. The molecule has 2 unspecified atom stereocenters. The predicted octanol–water partition coefficient (Wildman–Crippen LogP) is 1.51. The van der Waals surface area contributed by atoms with E-state index in [2.05, 4.69) is 27.6 Å². The van der Waals surface area contributed by atoms with Crippen molar-refractivity contribution in [2.75, 3.05) is 0 Å². The van der Waals surface area contributed by atoms with Crippen molar-refractivity contribution in [3.8, 4) is 0 Å². The van der Waals surface area contributed by atoms with Crippen molar-refractivity contribution in [1.82, 2.24) is 5.09 Å². The van der Waals surface area contributed by atoms with Crippen LogP contribution in [0, 0.1) is 0 Å². The van der Waals surface area contributed by atoms with Crippen LogP contribution in [0.1, 0.15) is 6.42 Å². The first-order valence-corrected chi connectivity index (χ1v) is 4.35. The largest absolute Gasteiger partial charge is 0.480 e. The topological polar surface area (TPSA) is 49.3 Å². The van der Waals surface area contributed by atoms with Crippen LogP contribution in [-0.2, 0) is 4.79 Å². The number of carboxylic acid groups (broad SMARTS) is 1. The molecular formula is C9H14NO2P. The second-order valence-electron chi connectivity index (χ2n) is 2.51. The third-order valence-corrected chi connectivity index (χ3v) is 1.84. The van der Waals surface area contributed by atoms with Crippen LogP contribution in [-0.4, -0.2) is 17.1 Å².